The van der Waals surface area contributed by atoms with E-state index in [1.165, 1.54) is 23.0 Å². The van der Waals surface area contributed by atoms with Crippen LogP contribution in [0.2, 0.25) is 5.02 Å². The third kappa shape index (κ3) is 5.54. The van der Waals surface area contributed by atoms with Crippen molar-refractivity contribution in [2.24, 2.45) is 4.99 Å². The van der Waals surface area contributed by atoms with Crippen molar-refractivity contribution in [3.63, 3.8) is 0 Å². The number of hydrogen-bond acceptors (Lipinski definition) is 7. The molecule has 7 nitrogen and oxygen atoms in total. The molecule has 1 atom stereocenters. The number of benzene rings is 2. The average Bonchev–Trinajstić information content (AvgIpc) is 3.22. The number of fused-ring (bicyclic) bond motifs is 1. The van der Waals surface area contributed by atoms with Crippen LogP contribution >= 0.6 is 22.9 Å². The van der Waals surface area contributed by atoms with Crippen LogP contribution < -0.4 is 24.4 Å². The molecule has 38 heavy (non-hydrogen) atoms. The lowest BCUT2D eigenvalue weighted by Gasteiger charge is -2.27. The summed E-state index contributed by atoms with van der Waals surface area (Å²) in [6, 6.07) is 11.6. The van der Waals surface area contributed by atoms with Gasteiger partial charge in [-0.3, -0.25) is 9.36 Å². The molecule has 0 spiro atoms. The zero-order valence-electron chi connectivity index (χ0n) is 21.3. The molecule has 0 N–H and O–H groups in total. The Morgan fingerprint density at radius 1 is 1.24 bits per heavy atom. The summed E-state index contributed by atoms with van der Waals surface area (Å²) in [5.41, 5.74) is 1.99. The number of rotatable bonds is 9. The molecule has 4 rings (SSSR count). The fourth-order valence-corrected chi connectivity index (χ4v) is 5.47. The summed E-state index contributed by atoms with van der Waals surface area (Å²) in [6.07, 6.45) is 8.33. The number of carbonyl (C=O) groups is 1. The number of aromatic nitrogens is 1. The molecule has 0 aliphatic carbocycles. The molecular weight excluding hydrogens is 524 g/mol. The SMILES string of the molecule is C#CCOc1ccc(/C=c2/sc3n(c2=O)[C@H](c2cc(Cl)ccc2OC)C(C(=O)OCC)=C(CCC)N=3)cc1. The molecule has 0 bridgehead atoms. The van der Waals surface area contributed by atoms with Crippen LogP contribution in [0.5, 0.6) is 11.5 Å². The Labute approximate surface area is 229 Å². The lowest BCUT2D eigenvalue weighted by Crippen LogP contribution is -2.40. The van der Waals surface area contributed by atoms with Gasteiger partial charge in [-0.1, -0.05) is 54.3 Å². The molecule has 9 heteroatoms. The summed E-state index contributed by atoms with van der Waals surface area (Å²) in [5, 5.41) is 0.451. The number of nitrogens with zero attached hydrogens (tertiary/aromatic N) is 2. The predicted molar refractivity (Wildman–Crippen MR) is 148 cm³/mol. The van der Waals surface area contributed by atoms with Crippen molar-refractivity contribution in [2.45, 2.75) is 32.7 Å². The Balaban J connectivity index is 1.95. The Morgan fingerprint density at radius 3 is 2.66 bits per heavy atom. The Kier molecular flexibility index (Phi) is 8.72. The van der Waals surface area contributed by atoms with E-state index in [1.807, 2.05) is 19.1 Å². The van der Waals surface area contributed by atoms with E-state index >= 15 is 0 Å². The molecule has 1 aliphatic heterocycles. The maximum atomic E-state index is 13.9. The van der Waals surface area contributed by atoms with E-state index in [1.54, 1.807) is 43.3 Å². The number of allylic oxidation sites excluding steroid dienone is 1. The Morgan fingerprint density at radius 2 is 2.00 bits per heavy atom. The number of terminal acetylenes is 1. The molecule has 0 radical (unpaired) electrons. The van der Waals surface area contributed by atoms with Crippen LogP contribution in [0.1, 0.15) is 43.9 Å². The molecule has 2 heterocycles. The molecule has 1 aliphatic rings. The van der Waals surface area contributed by atoms with Gasteiger partial charge in [-0.25, -0.2) is 9.79 Å². The molecule has 2 aromatic carbocycles. The van der Waals surface area contributed by atoms with Gasteiger partial charge < -0.3 is 14.2 Å². The summed E-state index contributed by atoms with van der Waals surface area (Å²) in [4.78, 5) is 32.4. The quantitative estimate of drug-likeness (QED) is 0.294. The molecule has 0 saturated carbocycles. The van der Waals surface area contributed by atoms with Crippen LogP contribution in [0.25, 0.3) is 6.08 Å². The van der Waals surface area contributed by atoms with Gasteiger partial charge in [-0.05, 0) is 55.3 Å². The van der Waals surface area contributed by atoms with Crippen LogP contribution in [0.15, 0.2) is 63.5 Å². The molecule has 196 valence electrons. The van der Waals surface area contributed by atoms with E-state index in [9.17, 15) is 9.59 Å². The molecule has 0 amide bonds. The summed E-state index contributed by atoms with van der Waals surface area (Å²) in [7, 11) is 1.54. The largest absolute Gasteiger partial charge is 0.496 e. The van der Waals surface area contributed by atoms with Crippen molar-refractivity contribution in [3.05, 3.63) is 89.6 Å². The number of esters is 1. The van der Waals surface area contributed by atoms with Crippen molar-refractivity contribution in [2.75, 3.05) is 20.3 Å². The number of halogens is 1. The molecule has 3 aromatic rings. The number of carbonyl (C=O) groups excluding carboxylic acids is 1. The number of methoxy groups -OCH3 is 1. The number of hydrogen-bond donors (Lipinski definition) is 0. The second-order valence-electron chi connectivity index (χ2n) is 8.36. The van der Waals surface area contributed by atoms with E-state index in [0.29, 0.717) is 49.1 Å². The Bertz CT molecular complexity index is 1600. The summed E-state index contributed by atoms with van der Waals surface area (Å²) in [5.74, 6) is 3.04. The van der Waals surface area contributed by atoms with Crippen molar-refractivity contribution in [1.29, 1.82) is 0 Å². The standard InChI is InChI=1S/C29H27ClN2O5S/c1-5-8-22-25(28(34)36-7-3)26(21-17-19(30)11-14-23(21)35-4)32-27(33)24(38-29(32)31-22)16-18-9-12-20(13-10-18)37-15-6-2/h2,9-14,16-17,26H,5,7-8,15H2,1,3-4H3/b24-16+/t26-/m1/s1. The zero-order chi connectivity index (χ0) is 27.2. The van der Waals surface area contributed by atoms with Crippen LogP contribution in [0, 0.1) is 12.3 Å². The highest BCUT2D eigenvalue weighted by atomic mass is 35.5. The lowest BCUT2D eigenvalue weighted by atomic mass is 9.93. The van der Waals surface area contributed by atoms with E-state index in [4.69, 9.17) is 37.2 Å². The van der Waals surface area contributed by atoms with Crippen molar-refractivity contribution < 1.29 is 19.0 Å². The smallest absolute Gasteiger partial charge is 0.338 e. The first-order chi connectivity index (χ1) is 18.4. The first kappa shape index (κ1) is 27.2. The monoisotopic (exact) mass is 550 g/mol. The summed E-state index contributed by atoms with van der Waals surface area (Å²) >= 11 is 7.64. The average molecular weight is 551 g/mol. The second-order valence-corrected chi connectivity index (χ2v) is 9.81. The normalized spacial score (nSPS) is 14.9. The topological polar surface area (TPSA) is 79.1 Å². The zero-order valence-corrected chi connectivity index (χ0v) is 22.9. The second kappa shape index (κ2) is 12.2. The van der Waals surface area contributed by atoms with Gasteiger partial charge in [0, 0.05) is 10.6 Å². The fourth-order valence-electron chi connectivity index (χ4n) is 4.27. The molecule has 0 unspecified atom stereocenters. The summed E-state index contributed by atoms with van der Waals surface area (Å²) in [6.45, 7) is 4.11. The van der Waals surface area contributed by atoms with E-state index in [0.717, 1.165) is 12.0 Å². The minimum absolute atomic E-state index is 0.174. The van der Waals surface area contributed by atoms with Gasteiger partial charge in [0.15, 0.2) is 4.80 Å². The maximum absolute atomic E-state index is 13.9. The highest BCUT2D eigenvalue weighted by Crippen LogP contribution is 2.38. The van der Waals surface area contributed by atoms with E-state index in [-0.39, 0.29) is 18.8 Å². The minimum atomic E-state index is -0.817. The molecule has 1 aromatic heterocycles. The molecular formula is C29H27ClN2O5S. The van der Waals surface area contributed by atoms with Gasteiger partial charge in [0.1, 0.15) is 24.1 Å². The highest BCUT2D eigenvalue weighted by Gasteiger charge is 2.36. The third-order valence-electron chi connectivity index (χ3n) is 5.88. The number of ether oxygens (including phenoxy) is 3. The molecule has 0 saturated heterocycles. The van der Waals surface area contributed by atoms with Crippen molar-refractivity contribution in [3.8, 4) is 23.8 Å². The van der Waals surface area contributed by atoms with Crippen LogP contribution in [0.4, 0.5) is 0 Å². The highest BCUT2D eigenvalue weighted by molar-refractivity contribution is 7.07. The Hall–Kier alpha value is -3.80. The van der Waals surface area contributed by atoms with Gasteiger partial charge >= 0.3 is 5.97 Å². The van der Waals surface area contributed by atoms with E-state index < -0.39 is 12.0 Å². The molecule has 0 fully saturated rings. The first-order valence-corrected chi connectivity index (χ1v) is 13.3. The van der Waals surface area contributed by atoms with Gasteiger partial charge in [-0.2, -0.15) is 0 Å². The van der Waals surface area contributed by atoms with Crippen LogP contribution in [0.3, 0.4) is 0 Å². The van der Waals surface area contributed by atoms with Crippen molar-refractivity contribution >= 4 is 35.0 Å². The first-order valence-electron chi connectivity index (χ1n) is 12.1. The van der Waals surface area contributed by atoms with Crippen LogP contribution in [-0.4, -0.2) is 30.9 Å². The predicted octanol–water partition coefficient (Wildman–Crippen LogP) is 4.25. The minimum Gasteiger partial charge on any atom is -0.496 e. The maximum Gasteiger partial charge on any atom is 0.338 e. The van der Waals surface area contributed by atoms with Gasteiger partial charge in [0.25, 0.3) is 5.56 Å². The third-order valence-corrected chi connectivity index (χ3v) is 7.10. The van der Waals surface area contributed by atoms with Gasteiger partial charge in [0.05, 0.1) is 29.5 Å². The fraction of sp³-hybridized carbons (Fsp3) is 0.276. The summed E-state index contributed by atoms with van der Waals surface area (Å²) < 4.78 is 18.5. The van der Waals surface area contributed by atoms with Gasteiger partial charge in [0.2, 0.25) is 0 Å². The van der Waals surface area contributed by atoms with E-state index in [2.05, 4.69) is 5.92 Å². The lowest BCUT2D eigenvalue weighted by molar-refractivity contribution is -0.139. The number of thiazole rings is 1. The van der Waals surface area contributed by atoms with Crippen molar-refractivity contribution in [1.82, 2.24) is 4.57 Å². The van der Waals surface area contributed by atoms with Gasteiger partial charge in [-0.15, -0.1) is 6.42 Å². The van der Waals surface area contributed by atoms with Crippen LogP contribution in [-0.2, 0) is 9.53 Å².